The molecule has 116 valence electrons. The minimum atomic E-state index is -0.0683. The molecule has 1 amide bonds. The second-order valence-corrected chi connectivity index (χ2v) is 6.44. The Kier molecular flexibility index (Phi) is 6.81. The van der Waals surface area contributed by atoms with E-state index in [-0.39, 0.29) is 5.91 Å². The van der Waals surface area contributed by atoms with Crippen molar-refractivity contribution in [3.8, 4) is 0 Å². The number of rotatable bonds is 4. The van der Waals surface area contributed by atoms with E-state index in [0.29, 0.717) is 28.3 Å². The van der Waals surface area contributed by atoms with Crippen LogP contribution in [0.2, 0.25) is 10.0 Å². The molecule has 0 bridgehead atoms. The maximum absolute atomic E-state index is 12.0. The highest BCUT2D eigenvalue weighted by molar-refractivity contribution is 6.36. The number of carbonyl (C=O) groups is 1. The van der Waals surface area contributed by atoms with Gasteiger partial charge >= 0.3 is 0 Å². The van der Waals surface area contributed by atoms with Crippen molar-refractivity contribution in [1.29, 1.82) is 0 Å². The van der Waals surface area contributed by atoms with E-state index in [1.165, 1.54) is 32.1 Å². The van der Waals surface area contributed by atoms with E-state index in [2.05, 4.69) is 10.6 Å². The molecule has 1 aliphatic carbocycles. The summed E-state index contributed by atoms with van der Waals surface area (Å²) >= 11 is 11.9. The zero-order valence-corrected chi connectivity index (χ0v) is 13.6. The third-order valence-corrected chi connectivity index (χ3v) is 4.41. The van der Waals surface area contributed by atoms with E-state index in [9.17, 15) is 4.79 Å². The molecule has 0 atom stereocenters. The Hall–Kier alpha value is -0.770. The van der Waals surface area contributed by atoms with Gasteiger partial charge in [-0.05, 0) is 31.0 Å². The van der Waals surface area contributed by atoms with Crippen LogP contribution in [0.3, 0.4) is 0 Å². The summed E-state index contributed by atoms with van der Waals surface area (Å²) in [6.45, 7) is 0.323. The predicted molar refractivity (Wildman–Crippen MR) is 89.2 cm³/mol. The van der Waals surface area contributed by atoms with E-state index in [4.69, 9.17) is 23.2 Å². The van der Waals surface area contributed by atoms with Crippen LogP contribution in [0.15, 0.2) is 18.2 Å². The lowest BCUT2D eigenvalue weighted by atomic mass is 9.97. The van der Waals surface area contributed by atoms with Crippen LogP contribution < -0.4 is 10.6 Å². The summed E-state index contributed by atoms with van der Waals surface area (Å²) in [6.07, 6.45) is 8.80. The average molecular weight is 329 g/mol. The first-order chi connectivity index (χ1) is 10.1. The fourth-order valence-electron chi connectivity index (χ4n) is 2.68. The lowest BCUT2D eigenvalue weighted by Gasteiger charge is -2.20. The number of amides is 1. The number of nitrogens with one attached hydrogen (secondary N) is 2. The van der Waals surface area contributed by atoms with Gasteiger partial charge in [0.05, 0.1) is 17.3 Å². The standard InChI is InChI=1S/C16H22Cl2N2O/c17-12-8-9-15(14(18)10-12)20-16(21)11-19-13-6-4-2-1-3-5-7-13/h8-10,13,19H,1-7,11H2,(H,20,21). The van der Waals surface area contributed by atoms with Crippen molar-refractivity contribution in [2.45, 2.75) is 51.0 Å². The largest absolute Gasteiger partial charge is 0.324 e. The molecular formula is C16H22Cl2N2O. The number of anilines is 1. The molecular weight excluding hydrogens is 307 g/mol. The van der Waals surface area contributed by atoms with Gasteiger partial charge in [-0.3, -0.25) is 4.79 Å². The number of hydrogen-bond donors (Lipinski definition) is 2. The molecule has 0 spiro atoms. The first-order valence-corrected chi connectivity index (χ1v) is 8.39. The fourth-order valence-corrected chi connectivity index (χ4v) is 3.14. The van der Waals surface area contributed by atoms with Gasteiger partial charge in [-0.2, -0.15) is 0 Å². The van der Waals surface area contributed by atoms with Gasteiger partial charge in [0.2, 0.25) is 5.91 Å². The van der Waals surface area contributed by atoms with Crippen LogP contribution >= 0.6 is 23.2 Å². The molecule has 0 saturated heterocycles. The second-order valence-electron chi connectivity index (χ2n) is 5.60. The summed E-state index contributed by atoms with van der Waals surface area (Å²) in [4.78, 5) is 12.0. The summed E-state index contributed by atoms with van der Waals surface area (Å²) in [6, 6.07) is 5.52. The maximum Gasteiger partial charge on any atom is 0.238 e. The smallest absolute Gasteiger partial charge is 0.238 e. The van der Waals surface area contributed by atoms with Crippen molar-refractivity contribution >= 4 is 34.8 Å². The Morgan fingerprint density at radius 1 is 1.10 bits per heavy atom. The van der Waals surface area contributed by atoms with Crippen LogP contribution in [0.1, 0.15) is 44.9 Å². The molecule has 2 N–H and O–H groups in total. The number of carbonyl (C=O) groups excluding carboxylic acids is 1. The van der Waals surface area contributed by atoms with E-state index >= 15 is 0 Å². The quantitative estimate of drug-likeness (QED) is 0.845. The normalized spacial score (nSPS) is 17.0. The van der Waals surface area contributed by atoms with Crippen molar-refractivity contribution in [3.05, 3.63) is 28.2 Å². The summed E-state index contributed by atoms with van der Waals surface area (Å²) in [5.74, 6) is -0.0683. The molecule has 1 aliphatic rings. The summed E-state index contributed by atoms with van der Waals surface area (Å²) < 4.78 is 0. The summed E-state index contributed by atoms with van der Waals surface area (Å²) in [5, 5.41) is 7.19. The fraction of sp³-hybridized carbons (Fsp3) is 0.562. The van der Waals surface area contributed by atoms with Crippen LogP contribution in [-0.2, 0) is 4.79 Å². The average Bonchev–Trinajstić information content (AvgIpc) is 2.41. The second kappa shape index (κ2) is 8.62. The van der Waals surface area contributed by atoms with Gasteiger partial charge < -0.3 is 10.6 Å². The molecule has 5 heteroatoms. The molecule has 0 aromatic heterocycles. The minimum Gasteiger partial charge on any atom is -0.324 e. The van der Waals surface area contributed by atoms with Crippen LogP contribution in [0.4, 0.5) is 5.69 Å². The third kappa shape index (κ3) is 5.85. The molecule has 1 aromatic rings. The first-order valence-electron chi connectivity index (χ1n) is 7.63. The molecule has 2 rings (SSSR count). The molecule has 1 saturated carbocycles. The van der Waals surface area contributed by atoms with E-state index in [1.54, 1.807) is 18.2 Å². The van der Waals surface area contributed by atoms with Gasteiger partial charge in [-0.1, -0.05) is 55.3 Å². The highest BCUT2D eigenvalue weighted by Gasteiger charge is 2.13. The first kappa shape index (κ1) is 16.6. The molecule has 0 unspecified atom stereocenters. The lowest BCUT2D eigenvalue weighted by Crippen LogP contribution is -2.36. The van der Waals surface area contributed by atoms with Crippen LogP contribution in [0.5, 0.6) is 0 Å². The van der Waals surface area contributed by atoms with E-state index < -0.39 is 0 Å². The van der Waals surface area contributed by atoms with Crippen molar-refractivity contribution < 1.29 is 4.79 Å². The maximum atomic E-state index is 12.0. The summed E-state index contributed by atoms with van der Waals surface area (Å²) in [5.41, 5.74) is 0.602. The van der Waals surface area contributed by atoms with E-state index in [0.717, 1.165) is 12.8 Å². The van der Waals surface area contributed by atoms with Crippen LogP contribution in [0.25, 0.3) is 0 Å². The zero-order chi connectivity index (χ0) is 15.1. The monoisotopic (exact) mass is 328 g/mol. The number of benzene rings is 1. The van der Waals surface area contributed by atoms with Crippen molar-refractivity contribution in [1.82, 2.24) is 5.32 Å². The minimum absolute atomic E-state index is 0.0683. The molecule has 0 aliphatic heterocycles. The van der Waals surface area contributed by atoms with Gasteiger partial charge in [-0.25, -0.2) is 0 Å². The predicted octanol–water partition coefficient (Wildman–Crippen LogP) is 4.63. The molecule has 1 fully saturated rings. The van der Waals surface area contributed by atoms with Crippen molar-refractivity contribution in [3.63, 3.8) is 0 Å². The molecule has 1 aromatic carbocycles. The van der Waals surface area contributed by atoms with Crippen LogP contribution in [0, 0.1) is 0 Å². The number of hydrogen-bond acceptors (Lipinski definition) is 2. The molecule has 21 heavy (non-hydrogen) atoms. The third-order valence-electron chi connectivity index (χ3n) is 3.86. The Labute approximate surface area is 136 Å². The van der Waals surface area contributed by atoms with Gasteiger partial charge in [-0.15, -0.1) is 0 Å². The Balaban J connectivity index is 1.78. The van der Waals surface area contributed by atoms with Gasteiger partial charge in [0, 0.05) is 11.1 Å². The molecule has 0 heterocycles. The van der Waals surface area contributed by atoms with Gasteiger partial charge in [0.25, 0.3) is 0 Å². The topological polar surface area (TPSA) is 41.1 Å². The van der Waals surface area contributed by atoms with E-state index in [1.807, 2.05) is 0 Å². The van der Waals surface area contributed by atoms with Gasteiger partial charge in [0.15, 0.2) is 0 Å². The molecule has 3 nitrogen and oxygen atoms in total. The highest BCUT2D eigenvalue weighted by atomic mass is 35.5. The Morgan fingerprint density at radius 3 is 2.43 bits per heavy atom. The van der Waals surface area contributed by atoms with Crippen molar-refractivity contribution in [2.24, 2.45) is 0 Å². The summed E-state index contributed by atoms with van der Waals surface area (Å²) in [7, 11) is 0. The SMILES string of the molecule is O=C(CNC1CCCCCCC1)Nc1ccc(Cl)cc1Cl. The Bertz CT molecular complexity index is 471. The lowest BCUT2D eigenvalue weighted by molar-refractivity contribution is -0.115. The van der Waals surface area contributed by atoms with Gasteiger partial charge in [0.1, 0.15) is 0 Å². The van der Waals surface area contributed by atoms with Crippen molar-refractivity contribution in [2.75, 3.05) is 11.9 Å². The highest BCUT2D eigenvalue weighted by Crippen LogP contribution is 2.25. The zero-order valence-electron chi connectivity index (χ0n) is 12.1. The van der Waals surface area contributed by atoms with Crippen LogP contribution in [-0.4, -0.2) is 18.5 Å². The number of halogens is 2. The Morgan fingerprint density at radius 2 is 1.76 bits per heavy atom. The molecule has 0 radical (unpaired) electrons.